The van der Waals surface area contributed by atoms with Gasteiger partial charge in [0, 0.05) is 25.8 Å². The van der Waals surface area contributed by atoms with Crippen LogP contribution in [0.5, 0.6) is 0 Å². The number of rotatable bonds is 10. The van der Waals surface area contributed by atoms with Gasteiger partial charge in [0.1, 0.15) is 5.82 Å². The molecule has 0 unspecified atom stereocenters. The number of carbonyl (C=O) groups excluding carboxylic acids is 1. The summed E-state index contributed by atoms with van der Waals surface area (Å²) in [5, 5.41) is 9.56. The van der Waals surface area contributed by atoms with E-state index >= 15 is 0 Å². The van der Waals surface area contributed by atoms with Gasteiger partial charge in [-0.1, -0.05) is 41.9 Å². The monoisotopic (exact) mass is 368 g/mol. The van der Waals surface area contributed by atoms with E-state index in [0.29, 0.717) is 29.6 Å². The molecule has 0 aliphatic rings. The molecule has 1 aromatic heterocycles. The fourth-order valence-corrected chi connectivity index (χ4v) is 1.90. The van der Waals surface area contributed by atoms with E-state index in [1.165, 1.54) is 6.08 Å². The minimum atomic E-state index is -0.188. The molecule has 0 radical (unpaired) electrons. The van der Waals surface area contributed by atoms with Crippen LogP contribution < -0.4 is 16.0 Å². The summed E-state index contributed by atoms with van der Waals surface area (Å²) in [7, 11) is 0. The second kappa shape index (κ2) is 12.4. The zero-order valence-corrected chi connectivity index (χ0v) is 14.9. The minimum absolute atomic E-state index is 0.188. The molecule has 1 aromatic rings. The number of urea groups is 1. The van der Waals surface area contributed by atoms with Gasteiger partial charge in [0.2, 0.25) is 0 Å². The quantitative estimate of drug-likeness (QED) is 0.431. The standard InChI is InChI=1S/C17H22Cl2N4O/c1-2-14(18)15(19)8-3-5-11-22-17(24)23-13-7-12-21-16-9-4-6-10-20-16/h2-4,6,8-10H,1,5,7,11-13H2,(H,20,21)(H2,22,23,24)/b8-3+,15-14-. The summed E-state index contributed by atoms with van der Waals surface area (Å²) in [6.07, 6.45) is 8.20. The Morgan fingerprint density at radius 1 is 1.17 bits per heavy atom. The first-order chi connectivity index (χ1) is 11.6. The third-order valence-electron chi connectivity index (χ3n) is 2.88. The van der Waals surface area contributed by atoms with Crippen molar-refractivity contribution in [3.05, 3.63) is 59.3 Å². The summed E-state index contributed by atoms with van der Waals surface area (Å²) in [4.78, 5) is 15.7. The van der Waals surface area contributed by atoms with Crippen LogP contribution in [0.1, 0.15) is 12.8 Å². The van der Waals surface area contributed by atoms with Crippen LogP contribution in [0.4, 0.5) is 10.6 Å². The third kappa shape index (κ3) is 9.22. The van der Waals surface area contributed by atoms with Crippen molar-refractivity contribution in [3.63, 3.8) is 0 Å². The molecule has 0 aliphatic heterocycles. The van der Waals surface area contributed by atoms with Crippen molar-refractivity contribution in [2.45, 2.75) is 12.8 Å². The van der Waals surface area contributed by atoms with Crippen molar-refractivity contribution >= 4 is 35.1 Å². The van der Waals surface area contributed by atoms with Gasteiger partial charge in [-0.15, -0.1) is 0 Å². The predicted molar refractivity (Wildman–Crippen MR) is 101 cm³/mol. The summed E-state index contributed by atoms with van der Waals surface area (Å²) < 4.78 is 0. The Morgan fingerprint density at radius 3 is 2.67 bits per heavy atom. The number of allylic oxidation sites excluding steroid dienone is 4. The van der Waals surface area contributed by atoms with Crippen LogP contribution >= 0.6 is 23.2 Å². The highest BCUT2D eigenvalue weighted by molar-refractivity contribution is 6.41. The SMILES string of the molecule is C=C/C(Cl)=C(Cl)\C=C\CCNC(=O)NCCCNc1ccccn1. The van der Waals surface area contributed by atoms with E-state index < -0.39 is 0 Å². The third-order valence-corrected chi connectivity index (χ3v) is 3.66. The van der Waals surface area contributed by atoms with Gasteiger partial charge >= 0.3 is 6.03 Å². The van der Waals surface area contributed by atoms with Crippen LogP contribution in [0.25, 0.3) is 0 Å². The molecule has 130 valence electrons. The van der Waals surface area contributed by atoms with Gasteiger partial charge in [-0.05, 0) is 37.1 Å². The van der Waals surface area contributed by atoms with Gasteiger partial charge in [0.25, 0.3) is 0 Å². The van der Waals surface area contributed by atoms with Crippen LogP contribution in [0.3, 0.4) is 0 Å². The van der Waals surface area contributed by atoms with E-state index in [2.05, 4.69) is 27.5 Å². The number of hydrogen-bond donors (Lipinski definition) is 3. The number of halogens is 2. The Balaban J connectivity index is 2.04. The molecule has 1 heterocycles. The number of pyridine rings is 1. The van der Waals surface area contributed by atoms with Gasteiger partial charge in [0.15, 0.2) is 0 Å². The van der Waals surface area contributed by atoms with Crippen molar-refractivity contribution in [3.8, 4) is 0 Å². The molecule has 3 N–H and O–H groups in total. The zero-order valence-electron chi connectivity index (χ0n) is 13.4. The van der Waals surface area contributed by atoms with Gasteiger partial charge in [-0.25, -0.2) is 9.78 Å². The maximum atomic E-state index is 11.6. The van der Waals surface area contributed by atoms with Crippen LogP contribution in [-0.4, -0.2) is 30.6 Å². The van der Waals surface area contributed by atoms with E-state index in [0.717, 1.165) is 18.8 Å². The average Bonchev–Trinajstić information content (AvgIpc) is 2.61. The molecule has 0 saturated carbocycles. The number of nitrogens with zero attached hydrogens (tertiary/aromatic N) is 1. The molecule has 0 atom stereocenters. The van der Waals surface area contributed by atoms with E-state index in [9.17, 15) is 4.79 Å². The topological polar surface area (TPSA) is 66.1 Å². The minimum Gasteiger partial charge on any atom is -0.370 e. The van der Waals surface area contributed by atoms with Crippen molar-refractivity contribution in [2.24, 2.45) is 0 Å². The number of nitrogens with one attached hydrogen (secondary N) is 3. The first kappa shape index (κ1) is 20.1. The van der Waals surface area contributed by atoms with Crippen LogP contribution in [0, 0.1) is 0 Å². The summed E-state index contributed by atoms with van der Waals surface area (Å²) in [6, 6.07) is 5.50. The normalized spacial score (nSPS) is 11.8. The Kier molecular flexibility index (Phi) is 10.4. The lowest BCUT2D eigenvalue weighted by Gasteiger charge is -2.07. The Bertz CT molecular complexity index is 573. The van der Waals surface area contributed by atoms with E-state index in [1.807, 2.05) is 24.3 Å². The van der Waals surface area contributed by atoms with E-state index in [4.69, 9.17) is 23.2 Å². The van der Waals surface area contributed by atoms with Crippen LogP contribution in [0.2, 0.25) is 0 Å². The highest BCUT2D eigenvalue weighted by Crippen LogP contribution is 2.15. The Morgan fingerprint density at radius 2 is 1.96 bits per heavy atom. The van der Waals surface area contributed by atoms with Crippen LogP contribution in [0.15, 0.2) is 59.3 Å². The maximum Gasteiger partial charge on any atom is 0.314 e. The Labute approximate surface area is 152 Å². The van der Waals surface area contributed by atoms with E-state index in [1.54, 1.807) is 12.3 Å². The average molecular weight is 369 g/mol. The molecular formula is C17H22Cl2N4O. The first-order valence-corrected chi connectivity index (χ1v) is 8.40. The lowest BCUT2D eigenvalue weighted by atomic mass is 10.3. The lowest BCUT2D eigenvalue weighted by Crippen LogP contribution is -2.36. The zero-order chi connectivity index (χ0) is 17.6. The smallest absolute Gasteiger partial charge is 0.314 e. The number of hydrogen-bond acceptors (Lipinski definition) is 3. The molecular weight excluding hydrogens is 347 g/mol. The largest absolute Gasteiger partial charge is 0.370 e. The molecule has 0 saturated heterocycles. The second-order valence-corrected chi connectivity index (χ2v) is 5.58. The number of aromatic nitrogens is 1. The molecule has 0 bridgehead atoms. The molecule has 0 fully saturated rings. The number of anilines is 1. The number of amides is 2. The maximum absolute atomic E-state index is 11.6. The van der Waals surface area contributed by atoms with Gasteiger partial charge in [-0.2, -0.15) is 0 Å². The molecule has 0 aliphatic carbocycles. The van der Waals surface area contributed by atoms with Gasteiger partial charge in [-0.3, -0.25) is 0 Å². The van der Waals surface area contributed by atoms with Crippen molar-refractivity contribution in [1.29, 1.82) is 0 Å². The molecule has 5 nitrogen and oxygen atoms in total. The summed E-state index contributed by atoms with van der Waals surface area (Å²) in [5.41, 5.74) is 0. The van der Waals surface area contributed by atoms with E-state index in [-0.39, 0.29) is 6.03 Å². The summed E-state index contributed by atoms with van der Waals surface area (Å²) >= 11 is 11.7. The van der Waals surface area contributed by atoms with Gasteiger partial charge < -0.3 is 16.0 Å². The molecule has 2 amide bonds. The molecule has 0 spiro atoms. The van der Waals surface area contributed by atoms with Crippen LogP contribution in [-0.2, 0) is 0 Å². The highest BCUT2D eigenvalue weighted by Gasteiger charge is 1.98. The fraction of sp³-hybridized carbons (Fsp3) is 0.294. The lowest BCUT2D eigenvalue weighted by molar-refractivity contribution is 0.241. The Hall–Kier alpha value is -1.98. The van der Waals surface area contributed by atoms with Crippen molar-refractivity contribution in [2.75, 3.05) is 25.0 Å². The predicted octanol–water partition coefficient (Wildman–Crippen LogP) is 4.00. The molecule has 24 heavy (non-hydrogen) atoms. The highest BCUT2D eigenvalue weighted by atomic mass is 35.5. The summed E-state index contributed by atoms with van der Waals surface area (Å²) in [5.74, 6) is 0.831. The first-order valence-electron chi connectivity index (χ1n) is 7.64. The second-order valence-electron chi connectivity index (χ2n) is 4.77. The molecule has 0 aromatic carbocycles. The number of carbonyl (C=O) groups is 1. The van der Waals surface area contributed by atoms with Gasteiger partial charge in [0.05, 0.1) is 10.1 Å². The molecule has 1 rings (SSSR count). The van der Waals surface area contributed by atoms with Crippen molar-refractivity contribution in [1.82, 2.24) is 15.6 Å². The summed E-state index contributed by atoms with van der Waals surface area (Å²) in [6.45, 7) is 5.38. The van der Waals surface area contributed by atoms with Crippen molar-refractivity contribution < 1.29 is 4.79 Å². The fourth-order valence-electron chi connectivity index (χ4n) is 1.67. The molecule has 7 heteroatoms.